The van der Waals surface area contributed by atoms with Crippen LogP contribution in [-0.4, -0.2) is 61.0 Å². The summed E-state index contributed by atoms with van der Waals surface area (Å²) < 4.78 is 0. The van der Waals surface area contributed by atoms with Gasteiger partial charge in [-0.05, 0) is 17.7 Å². The zero-order valence-electron chi connectivity index (χ0n) is 14.4. The van der Waals surface area contributed by atoms with Crippen LogP contribution < -0.4 is 4.90 Å². The average molecular weight is 324 g/mol. The molecule has 1 saturated heterocycles. The highest BCUT2D eigenvalue weighted by molar-refractivity contribution is 5.92. The standard InChI is InChI=1S/C19H24N4O/c1-21(2)18-10-6-9-17(20-18)19(24)23-13-11-22(12-14-23)15-16-7-4-3-5-8-16/h3-10H,11-15H2,1-2H3. The van der Waals surface area contributed by atoms with Gasteiger partial charge in [0.2, 0.25) is 0 Å². The smallest absolute Gasteiger partial charge is 0.272 e. The SMILES string of the molecule is CN(C)c1cccc(C(=O)N2CCN(Cc3ccccc3)CC2)n1. The molecule has 0 aliphatic carbocycles. The van der Waals surface area contributed by atoms with E-state index in [4.69, 9.17) is 0 Å². The number of amides is 1. The zero-order valence-corrected chi connectivity index (χ0v) is 14.4. The van der Waals surface area contributed by atoms with Crippen molar-refractivity contribution in [1.29, 1.82) is 0 Å². The minimum atomic E-state index is 0.0260. The van der Waals surface area contributed by atoms with Crippen LogP contribution in [0, 0.1) is 0 Å². The molecular formula is C19H24N4O. The summed E-state index contributed by atoms with van der Waals surface area (Å²) in [7, 11) is 3.86. The van der Waals surface area contributed by atoms with E-state index >= 15 is 0 Å². The summed E-state index contributed by atoms with van der Waals surface area (Å²) in [6.07, 6.45) is 0. The van der Waals surface area contributed by atoms with E-state index in [1.165, 1.54) is 5.56 Å². The van der Waals surface area contributed by atoms with Crippen LogP contribution in [-0.2, 0) is 6.54 Å². The Kier molecular flexibility index (Phi) is 5.11. The molecule has 1 aromatic heterocycles. The number of benzene rings is 1. The first-order chi connectivity index (χ1) is 11.6. The minimum absolute atomic E-state index is 0.0260. The molecule has 5 heteroatoms. The van der Waals surface area contributed by atoms with Crippen molar-refractivity contribution in [3.63, 3.8) is 0 Å². The van der Waals surface area contributed by atoms with E-state index in [0.29, 0.717) is 5.69 Å². The molecule has 0 saturated carbocycles. The molecule has 5 nitrogen and oxygen atoms in total. The van der Waals surface area contributed by atoms with E-state index in [0.717, 1.165) is 38.5 Å². The van der Waals surface area contributed by atoms with E-state index in [9.17, 15) is 4.79 Å². The number of anilines is 1. The highest BCUT2D eigenvalue weighted by Gasteiger charge is 2.23. The number of rotatable bonds is 4. The third kappa shape index (κ3) is 3.92. The third-order valence-electron chi connectivity index (χ3n) is 4.32. The number of carbonyl (C=O) groups is 1. The highest BCUT2D eigenvalue weighted by Crippen LogP contribution is 2.13. The van der Waals surface area contributed by atoms with Gasteiger partial charge >= 0.3 is 0 Å². The molecule has 1 aromatic carbocycles. The topological polar surface area (TPSA) is 39.7 Å². The molecule has 0 atom stereocenters. The number of aromatic nitrogens is 1. The van der Waals surface area contributed by atoms with Crippen LogP contribution in [0.4, 0.5) is 5.82 Å². The summed E-state index contributed by atoms with van der Waals surface area (Å²) in [5.74, 6) is 0.835. The number of nitrogens with zero attached hydrogens (tertiary/aromatic N) is 4. The first-order valence-electron chi connectivity index (χ1n) is 8.33. The van der Waals surface area contributed by atoms with Gasteiger partial charge in [0.25, 0.3) is 5.91 Å². The fraction of sp³-hybridized carbons (Fsp3) is 0.368. The number of hydrogen-bond acceptors (Lipinski definition) is 4. The van der Waals surface area contributed by atoms with Gasteiger partial charge in [-0.1, -0.05) is 36.4 Å². The number of piperazine rings is 1. The van der Waals surface area contributed by atoms with Gasteiger partial charge in [-0.2, -0.15) is 0 Å². The first kappa shape index (κ1) is 16.5. The molecule has 126 valence electrons. The summed E-state index contributed by atoms with van der Waals surface area (Å²) in [5.41, 5.74) is 1.84. The van der Waals surface area contributed by atoms with Gasteiger partial charge in [0.15, 0.2) is 0 Å². The summed E-state index contributed by atoms with van der Waals surface area (Å²) in [6, 6.07) is 16.1. The number of hydrogen-bond donors (Lipinski definition) is 0. The van der Waals surface area contributed by atoms with Crippen LogP contribution in [0.15, 0.2) is 48.5 Å². The quantitative estimate of drug-likeness (QED) is 0.863. The molecule has 0 N–H and O–H groups in total. The Balaban J connectivity index is 1.58. The second kappa shape index (κ2) is 7.45. The lowest BCUT2D eigenvalue weighted by Crippen LogP contribution is -2.48. The second-order valence-electron chi connectivity index (χ2n) is 6.33. The maximum absolute atomic E-state index is 12.7. The molecule has 1 aliphatic heterocycles. The fourth-order valence-corrected chi connectivity index (χ4v) is 2.90. The van der Waals surface area contributed by atoms with Gasteiger partial charge in [-0.25, -0.2) is 4.98 Å². The molecular weight excluding hydrogens is 300 g/mol. The van der Waals surface area contributed by atoms with Crippen LogP contribution in [0.5, 0.6) is 0 Å². The zero-order chi connectivity index (χ0) is 16.9. The molecule has 0 spiro atoms. The molecule has 24 heavy (non-hydrogen) atoms. The Bertz CT molecular complexity index is 679. The van der Waals surface area contributed by atoms with Crippen LogP contribution in [0.25, 0.3) is 0 Å². The Hall–Kier alpha value is -2.40. The molecule has 0 unspecified atom stereocenters. The van der Waals surface area contributed by atoms with E-state index in [1.54, 1.807) is 6.07 Å². The largest absolute Gasteiger partial charge is 0.363 e. The summed E-state index contributed by atoms with van der Waals surface area (Å²) in [5, 5.41) is 0. The van der Waals surface area contributed by atoms with Crippen molar-refractivity contribution in [3.8, 4) is 0 Å². The second-order valence-corrected chi connectivity index (χ2v) is 6.33. The minimum Gasteiger partial charge on any atom is -0.363 e. The molecule has 1 fully saturated rings. The highest BCUT2D eigenvalue weighted by atomic mass is 16.2. The van der Waals surface area contributed by atoms with Crippen molar-refractivity contribution in [2.75, 3.05) is 45.2 Å². The normalized spacial score (nSPS) is 15.3. The number of carbonyl (C=O) groups excluding carboxylic acids is 1. The molecule has 1 aliphatic rings. The van der Waals surface area contributed by atoms with E-state index < -0.39 is 0 Å². The molecule has 1 amide bonds. The maximum atomic E-state index is 12.7. The van der Waals surface area contributed by atoms with E-state index in [2.05, 4.69) is 34.1 Å². The predicted molar refractivity (Wildman–Crippen MR) is 96.2 cm³/mol. The van der Waals surface area contributed by atoms with Crippen molar-refractivity contribution in [1.82, 2.24) is 14.8 Å². The van der Waals surface area contributed by atoms with Gasteiger partial charge in [0.05, 0.1) is 0 Å². The van der Waals surface area contributed by atoms with Gasteiger partial charge in [-0.15, -0.1) is 0 Å². The van der Waals surface area contributed by atoms with E-state index in [1.807, 2.05) is 42.1 Å². The lowest BCUT2D eigenvalue weighted by atomic mass is 10.2. The van der Waals surface area contributed by atoms with Gasteiger partial charge in [0.1, 0.15) is 11.5 Å². The predicted octanol–water partition coefficient (Wildman–Crippen LogP) is 2.11. The van der Waals surface area contributed by atoms with E-state index in [-0.39, 0.29) is 5.91 Å². The van der Waals surface area contributed by atoms with Crippen LogP contribution in [0.3, 0.4) is 0 Å². The summed E-state index contributed by atoms with van der Waals surface area (Å²) in [6.45, 7) is 4.23. The Morgan fingerprint density at radius 2 is 1.71 bits per heavy atom. The fourth-order valence-electron chi connectivity index (χ4n) is 2.90. The number of pyridine rings is 1. The monoisotopic (exact) mass is 324 g/mol. The lowest BCUT2D eigenvalue weighted by Gasteiger charge is -2.34. The van der Waals surface area contributed by atoms with Crippen LogP contribution in [0.1, 0.15) is 16.1 Å². The Morgan fingerprint density at radius 1 is 1.00 bits per heavy atom. The Labute approximate surface area is 143 Å². The summed E-state index contributed by atoms with van der Waals surface area (Å²) >= 11 is 0. The molecule has 3 rings (SSSR count). The lowest BCUT2D eigenvalue weighted by molar-refractivity contribution is 0.0623. The average Bonchev–Trinajstić information content (AvgIpc) is 2.63. The third-order valence-corrected chi connectivity index (χ3v) is 4.32. The van der Waals surface area contributed by atoms with Crippen LogP contribution in [0.2, 0.25) is 0 Å². The van der Waals surface area contributed by atoms with Crippen molar-refractivity contribution in [3.05, 3.63) is 59.8 Å². The van der Waals surface area contributed by atoms with Crippen molar-refractivity contribution in [2.24, 2.45) is 0 Å². The first-order valence-corrected chi connectivity index (χ1v) is 8.33. The molecule has 0 radical (unpaired) electrons. The Morgan fingerprint density at radius 3 is 2.38 bits per heavy atom. The van der Waals surface area contributed by atoms with Gasteiger partial charge in [-0.3, -0.25) is 9.69 Å². The molecule has 2 aromatic rings. The van der Waals surface area contributed by atoms with Gasteiger partial charge < -0.3 is 9.80 Å². The van der Waals surface area contributed by atoms with Crippen molar-refractivity contribution in [2.45, 2.75) is 6.54 Å². The van der Waals surface area contributed by atoms with Gasteiger partial charge in [0, 0.05) is 46.8 Å². The molecule has 0 bridgehead atoms. The summed E-state index contributed by atoms with van der Waals surface area (Å²) in [4.78, 5) is 23.3. The molecule has 2 heterocycles. The van der Waals surface area contributed by atoms with Crippen molar-refractivity contribution >= 4 is 11.7 Å². The van der Waals surface area contributed by atoms with Crippen molar-refractivity contribution < 1.29 is 4.79 Å². The maximum Gasteiger partial charge on any atom is 0.272 e. The van der Waals surface area contributed by atoms with Crippen LogP contribution >= 0.6 is 0 Å².